The largest absolute Gasteiger partial charge is 0.493 e. The van der Waals surface area contributed by atoms with Gasteiger partial charge in [-0.3, -0.25) is 4.40 Å². The Hall–Kier alpha value is -2.84. The van der Waals surface area contributed by atoms with Crippen LogP contribution in [0.4, 0.5) is 17.6 Å². The standard InChI is InChI=1S/C20H19F4N3O2/c1-11(29-15-6-5-13(21)10-16(15)28-2)14-7-8-27-17(9-12-3-4-12)25-26-19(27)18(14)20(22,23)24/h5-8,10-12H,3-4,9H2,1-2H3. The van der Waals surface area contributed by atoms with Gasteiger partial charge in [0, 0.05) is 24.2 Å². The summed E-state index contributed by atoms with van der Waals surface area (Å²) in [7, 11) is 1.33. The molecule has 5 nitrogen and oxygen atoms in total. The third kappa shape index (κ3) is 3.86. The summed E-state index contributed by atoms with van der Waals surface area (Å²) in [6.45, 7) is 1.49. The lowest BCUT2D eigenvalue weighted by Crippen LogP contribution is -2.16. The topological polar surface area (TPSA) is 48.7 Å². The fourth-order valence-electron chi connectivity index (χ4n) is 3.36. The van der Waals surface area contributed by atoms with Gasteiger partial charge < -0.3 is 9.47 Å². The molecule has 1 aliphatic carbocycles. The van der Waals surface area contributed by atoms with E-state index < -0.39 is 23.7 Å². The van der Waals surface area contributed by atoms with Crippen molar-refractivity contribution in [1.29, 1.82) is 0 Å². The minimum atomic E-state index is -4.65. The van der Waals surface area contributed by atoms with Gasteiger partial charge in [-0.25, -0.2) is 4.39 Å². The zero-order valence-corrected chi connectivity index (χ0v) is 15.8. The number of alkyl halides is 3. The molecular weight excluding hydrogens is 390 g/mol. The highest BCUT2D eigenvalue weighted by Crippen LogP contribution is 2.40. The molecule has 0 radical (unpaired) electrons. The van der Waals surface area contributed by atoms with Crippen molar-refractivity contribution >= 4 is 5.65 Å². The molecule has 2 aromatic heterocycles. The number of hydrogen-bond donors (Lipinski definition) is 0. The van der Waals surface area contributed by atoms with Crippen molar-refractivity contribution in [2.75, 3.05) is 7.11 Å². The van der Waals surface area contributed by atoms with Crippen LogP contribution in [-0.4, -0.2) is 21.7 Å². The van der Waals surface area contributed by atoms with Crippen LogP contribution in [0.5, 0.6) is 11.5 Å². The van der Waals surface area contributed by atoms with Gasteiger partial charge in [0.25, 0.3) is 0 Å². The summed E-state index contributed by atoms with van der Waals surface area (Å²) in [5, 5.41) is 7.81. The van der Waals surface area contributed by atoms with E-state index in [1.165, 1.54) is 30.6 Å². The number of halogens is 4. The van der Waals surface area contributed by atoms with Crippen LogP contribution in [0, 0.1) is 11.7 Å². The predicted octanol–water partition coefficient (Wildman–Crippen LogP) is 4.99. The van der Waals surface area contributed by atoms with Crippen LogP contribution in [0.2, 0.25) is 0 Å². The van der Waals surface area contributed by atoms with E-state index >= 15 is 0 Å². The molecule has 9 heteroatoms. The maximum atomic E-state index is 13.9. The molecule has 0 amide bonds. The SMILES string of the molecule is COc1cc(F)ccc1OC(C)c1ccn2c(CC3CC3)nnc2c1C(F)(F)F. The molecule has 3 aromatic rings. The van der Waals surface area contributed by atoms with E-state index in [0.29, 0.717) is 18.2 Å². The molecule has 1 saturated carbocycles. The first-order valence-electron chi connectivity index (χ1n) is 9.22. The van der Waals surface area contributed by atoms with Crippen LogP contribution in [0.15, 0.2) is 30.5 Å². The van der Waals surface area contributed by atoms with Crippen LogP contribution >= 0.6 is 0 Å². The fourth-order valence-corrected chi connectivity index (χ4v) is 3.36. The number of benzene rings is 1. The molecule has 1 fully saturated rings. The molecule has 4 rings (SSSR count). The van der Waals surface area contributed by atoms with Crippen LogP contribution in [0.25, 0.3) is 5.65 Å². The first kappa shape index (κ1) is 19.5. The molecule has 1 aromatic carbocycles. The quantitative estimate of drug-likeness (QED) is 0.539. The van der Waals surface area contributed by atoms with Crippen LogP contribution < -0.4 is 9.47 Å². The molecule has 0 spiro atoms. The van der Waals surface area contributed by atoms with Crippen molar-refractivity contribution in [3.8, 4) is 11.5 Å². The Morgan fingerprint density at radius 2 is 1.93 bits per heavy atom. The summed E-state index contributed by atoms with van der Waals surface area (Å²) >= 11 is 0. The Bertz CT molecular complexity index is 1040. The van der Waals surface area contributed by atoms with E-state index in [0.717, 1.165) is 25.0 Å². The number of methoxy groups -OCH3 is 1. The van der Waals surface area contributed by atoms with E-state index in [2.05, 4.69) is 10.2 Å². The number of fused-ring (bicyclic) bond motifs is 1. The van der Waals surface area contributed by atoms with E-state index in [1.807, 2.05) is 0 Å². The second-order valence-corrected chi connectivity index (χ2v) is 7.16. The molecule has 1 atom stereocenters. The maximum Gasteiger partial charge on any atom is 0.420 e. The number of pyridine rings is 1. The van der Waals surface area contributed by atoms with Crippen LogP contribution in [0.1, 0.15) is 42.8 Å². The van der Waals surface area contributed by atoms with Crippen LogP contribution in [0.3, 0.4) is 0 Å². The van der Waals surface area contributed by atoms with Crippen molar-refractivity contribution < 1.29 is 27.0 Å². The molecule has 1 unspecified atom stereocenters. The zero-order valence-electron chi connectivity index (χ0n) is 15.8. The Balaban J connectivity index is 1.74. The minimum Gasteiger partial charge on any atom is -0.493 e. The van der Waals surface area contributed by atoms with E-state index in [-0.39, 0.29) is 22.7 Å². The molecule has 0 bridgehead atoms. The molecule has 2 heterocycles. The second-order valence-electron chi connectivity index (χ2n) is 7.16. The van der Waals surface area contributed by atoms with Gasteiger partial charge in [0.05, 0.1) is 7.11 Å². The van der Waals surface area contributed by atoms with E-state index in [4.69, 9.17) is 9.47 Å². The molecule has 29 heavy (non-hydrogen) atoms. The smallest absolute Gasteiger partial charge is 0.420 e. The summed E-state index contributed by atoms with van der Waals surface area (Å²) in [5.74, 6) is 0.690. The van der Waals surface area contributed by atoms with Gasteiger partial charge in [-0.1, -0.05) is 0 Å². The van der Waals surface area contributed by atoms with Gasteiger partial charge in [0.2, 0.25) is 0 Å². The van der Waals surface area contributed by atoms with Crippen molar-refractivity contribution in [3.05, 3.63) is 53.2 Å². The lowest BCUT2D eigenvalue weighted by molar-refractivity contribution is -0.138. The highest BCUT2D eigenvalue weighted by atomic mass is 19.4. The van der Waals surface area contributed by atoms with Gasteiger partial charge in [0.1, 0.15) is 23.3 Å². The van der Waals surface area contributed by atoms with Crippen LogP contribution in [-0.2, 0) is 12.6 Å². The zero-order chi connectivity index (χ0) is 20.8. The normalized spacial score (nSPS) is 15.5. The average molecular weight is 409 g/mol. The number of rotatable bonds is 6. The molecule has 1 aliphatic rings. The van der Waals surface area contributed by atoms with Gasteiger partial charge >= 0.3 is 6.18 Å². The van der Waals surface area contributed by atoms with Crippen molar-refractivity contribution in [2.24, 2.45) is 5.92 Å². The Morgan fingerprint density at radius 3 is 2.59 bits per heavy atom. The van der Waals surface area contributed by atoms with E-state index in [9.17, 15) is 17.6 Å². The lowest BCUT2D eigenvalue weighted by Gasteiger charge is -2.21. The van der Waals surface area contributed by atoms with Crippen molar-refractivity contribution in [2.45, 2.75) is 38.5 Å². The third-order valence-electron chi connectivity index (χ3n) is 5.00. The fraction of sp³-hybridized carbons (Fsp3) is 0.400. The van der Waals surface area contributed by atoms with Gasteiger partial charge in [-0.05, 0) is 43.9 Å². The van der Waals surface area contributed by atoms with Gasteiger partial charge in [0.15, 0.2) is 17.1 Å². The average Bonchev–Trinajstić information content (AvgIpc) is 3.40. The molecule has 0 saturated heterocycles. The summed E-state index contributed by atoms with van der Waals surface area (Å²) < 4.78 is 67.4. The molecule has 154 valence electrons. The Morgan fingerprint density at radius 1 is 1.17 bits per heavy atom. The summed E-state index contributed by atoms with van der Waals surface area (Å²) in [4.78, 5) is 0. The summed E-state index contributed by atoms with van der Waals surface area (Å²) in [6.07, 6.45) is -1.37. The highest BCUT2D eigenvalue weighted by molar-refractivity contribution is 5.54. The minimum absolute atomic E-state index is 0.0817. The van der Waals surface area contributed by atoms with Crippen molar-refractivity contribution in [1.82, 2.24) is 14.6 Å². The summed E-state index contributed by atoms with van der Waals surface area (Å²) in [5.41, 5.74) is -1.21. The lowest BCUT2D eigenvalue weighted by atomic mass is 10.0. The first-order chi connectivity index (χ1) is 13.8. The first-order valence-corrected chi connectivity index (χ1v) is 9.22. The maximum absolute atomic E-state index is 13.9. The highest BCUT2D eigenvalue weighted by Gasteiger charge is 2.39. The second kappa shape index (κ2) is 7.20. The van der Waals surface area contributed by atoms with Crippen molar-refractivity contribution in [3.63, 3.8) is 0 Å². The Kier molecular flexibility index (Phi) is 4.84. The number of ether oxygens (including phenoxy) is 2. The van der Waals surface area contributed by atoms with Gasteiger partial charge in [-0.2, -0.15) is 13.2 Å². The van der Waals surface area contributed by atoms with Gasteiger partial charge in [-0.15, -0.1) is 10.2 Å². The predicted molar refractivity (Wildman–Crippen MR) is 96.4 cm³/mol. The Labute approximate surface area is 164 Å². The number of aromatic nitrogens is 3. The molecule has 0 N–H and O–H groups in total. The van der Waals surface area contributed by atoms with E-state index in [1.54, 1.807) is 6.20 Å². The third-order valence-corrected chi connectivity index (χ3v) is 5.00. The number of hydrogen-bond acceptors (Lipinski definition) is 4. The molecule has 0 aliphatic heterocycles. The molecular formula is C20H19F4N3O2. The summed E-state index contributed by atoms with van der Waals surface area (Å²) in [6, 6.07) is 4.96. The number of nitrogens with zero attached hydrogens (tertiary/aromatic N) is 3. The monoisotopic (exact) mass is 409 g/mol.